The predicted molar refractivity (Wildman–Crippen MR) is 181 cm³/mol. The average Bonchev–Trinajstić information content (AvgIpc) is 3.31. The van der Waals surface area contributed by atoms with Crippen molar-refractivity contribution in [1.82, 2.24) is 5.32 Å². The van der Waals surface area contributed by atoms with Gasteiger partial charge in [0.15, 0.2) is 23.0 Å². The molecule has 5 heterocycles. The highest BCUT2D eigenvalue weighted by molar-refractivity contribution is 5.89. The number of benzene rings is 2. The first-order valence-electron chi connectivity index (χ1n) is 16.9. The molecular weight excluding hydrogens is 752 g/mol. The van der Waals surface area contributed by atoms with E-state index in [1.165, 1.54) is 18.3 Å². The highest BCUT2D eigenvalue weighted by Crippen LogP contribution is 2.51. The van der Waals surface area contributed by atoms with Crippen molar-refractivity contribution < 1.29 is 89.1 Å². The first kappa shape index (κ1) is 38.9. The molecule has 0 bridgehead atoms. The number of rotatable bonds is 5. The summed E-state index contributed by atoms with van der Waals surface area (Å²) in [5, 5.41) is 118. The maximum atomic E-state index is 13.6. The zero-order valence-corrected chi connectivity index (χ0v) is 28.6. The molecule has 2 saturated heterocycles. The van der Waals surface area contributed by atoms with Gasteiger partial charge in [-0.05, 0) is 36.3 Å². The molecule has 2 fully saturated rings. The Morgan fingerprint density at radius 1 is 0.946 bits per heavy atom. The van der Waals surface area contributed by atoms with E-state index in [0.717, 1.165) is 18.2 Å². The van der Waals surface area contributed by atoms with Gasteiger partial charge in [0.2, 0.25) is 24.0 Å². The summed E-state index contributed by atoms with van der Waals surface area (Å²) < 4.78 is 28.0. The van der Waals surface area contributed by atoms with E-state index in [4.69, 9.17) is 29.1 Å². The van der Waals surface area contributed by atoms with Crippen LogP contribution in [0.3, 0.4) is 0 Å². The van der Waals surface area contributed by atoms with Crippen LogP contribution in [-0.2, 0) is 23.8 Å². The van der Waals surface area contributed by atoms with Gasteiger partial charge in [-0.3, -0.25) is 4.79 Å². The van der Waals surface area contributed by atoms with Crippen molar-refractivity contribution in [2.45, 2.75) is 85.5 Å². The number of phenolic OH excluding ortho intramolecular Hbond substituents is 3. The van der Waals surface area contributed by atoms with Gasteiger partial charge in [0.25, 0.3) is 0 Å². The summed E-state index contributed by atoms with van der Waals surface area (Å²) in [7, 11) is 0. The SMILES string of the molecule is NC1C=CC([C@@H]2CC[C@]3(Oc4cc5oc(-c6ccc(O)c(O)c6)cc(=O)c5c(O)c42)O[C@H](C(=O)O[C@H]2O[C@H](C(=O)O)C(O)(O)[C@H](O)[C@H]2O)[C@@H](O)[C@H](O)[C@H]3O)=CN1. The number of esters is 1. The lowest BCUT2D eigenvalue weighted by Gasteiger charge is -2.47. The van der Waals surface area contributed by atoms with Crippen molar-refractivity contribution in [2.75, 3.05) is 0 Å². The molecule has 14 N–H and O–H groups in total. The molecule has 3 aromatic rings. The van der Waals surface area contributed by atoms with E-state index in [0.29, 0.717) is 5.57 Å². The molecule has 2 aromatic carbocycles. The monoisotopic (exact) mass is 788 g/mol. The molecule has 0 aliphatic carbocycles. The van der Waals surface area contributed by atoms with Crippen LogP contribution in [0.15, 0.2) is 63.5 Å². The van der Waals surface area contributed by atoms with Crippen LogP contribution >= 0.6 is 0 Å². The number of fused-ring (bicyclic) bond motifs is 2. The highest BCUT2D eigenvalue weighted by Gasteiger charge is 2.61. The molecule has 4 aliphatic heterocycles. The minimum Gasteiger partial charge on any atom is -0.507 e. The number of phenols is 3. The molecule has 1 spiro atoms. The summed E-state index contributed by atoms with van der Waals surface area (Å²) >= 11 is 0. The molecule has 0 amide bonds. The molecule has 1 aromatic heterocycles. The maximum Gasteiger partial charge on any atom is 0.340 e. The molecule has 300 valence electrons. The fourth-order valence-electron chi connectivity index (χ4n) is 7.17. The molecule has 11 atom stereocenters. The van der Waals surface area contributed by atoms with Gasteiger partial charge in [0.05, 0.1) is 6.17 Å². The van der Waals surface area contributed by atoms with Crippen LogP contribution in [0, 0.1) is 0 Å². The lowest BCUT2D eigenvalue weighted by molar-refractivity contribution is -0.375. The molecule has 21 nitrogen and oxygen atoms in total. The summed E-state index contributed by atoms with van der Waals surface area (Å²) in [5.74, 6) is -12.7. The van der Waals surface area contributed by atoms with Crippen molar-refractivity contribution in [3.8, 4) is 34.3 Å². The number of hydrogen-bond acceptors (Lipinski definition) is 20. The predicted octanol–water partition coefficient (Wildman–Crippen LogP) is -2.91. The second kappa shape index (κ2) is 14.0. The molecule has 0 radical (unpaired) electrons. The fourth-order valence-corrected chi connectivity index (χ4v) is 7.17. The summed E-state index contributed by atoms with van der Waals surface area (Å²) in [6.45, 7) is 0. The summed E-state index contributed by atoms with van der Waals surface area (Å²) in [4.78, 5) is 38.7. The van der Waals surface area contributed by atoms with Crippen LogP contribution in [0.1, 0.15) is 24.3 Å². The minimum atomic E-state index is -3.54. The number of carboxylic acids is 1. The number of nitrogens with one attached hydrogen (secondary N) is 1. The number of ether oxygens (including phenoxy) is 4. The van der Waals surface area contributed by atoms with Crippen molar-refractivity contribution in [3.63, 3.8) is 0 Å². The van der Waals surface area contributed by atoms with Gasteiger partial charge in [-0.2, -0.15) is 0 Å². The van der Waals surface area contributed by atoms with E-state index < -0.39 is 114 Å². The molecule has 21 heteroatoms. The number of aliphatic hydroxyl groups excluding tert-OH is 5. The first-order valence-corrected chi connectivity index (χ1v) is 16.9. The number of carbonyl (C=O) groups excluding carboxylic acids is 1. The van der Waals surface area contributed by atoms with Crippen molar-refractivity contribution in [1.29, 1.82) is 0 Å². The van der Waals surface area contributed by atoms with Crippen molar-refractivity contribution in [2.24, 2.45) is 5.73 Å². The van der Waals surface area contributed by atoms with Crippen LogP contribution in [0.4, 0.5) is 0 Å². The van der Waals surface area contributed by atoms with E-state index in [1.807, 2.05) is 0 Å². The van der Waals surface area contributed by atoms with Crippen LogP contribution in [0.2, 0.25) is 0 Å². The molecular formula is C35H36N2O19. The number of aromatic hydroxyl groups is 3. The van der Waals surface area contributed by atoms with Crippen LogP contribution in [0.25, 0.3) is 22.3 Å². The van der Waals surface area contributed by atoms with E-state index >= 15 is 0 Å². The Labute approximate surface area is 312 Å². The van der Waals surface area contributed by atoms with Gasteiger partial charge in [0, 0.05) is 41.8 Å². The standard InChI is InChI=1S/C35H36N2O19/c36-20-4-2-12(10-37-20)13-5-6-34(55-19-9-18-22(23(41)21(13)19)16(40)8-17(52-18)11-1-3-14(38)15(39)7-11)28(45)25(43)24(42)27(56-34)32(49)54-33-26(44)29(46)35(50,51)30(53-33)31(47)48/h1-4,7-10,13,20,24-30,33,37-39,41-46,50-51H,5-6,36H2,(H,47,48)/t13-,20?,24-,25-,26+,27-,28+,29+,30+,33+,34-/m0/s1. The Morgan fingerprint density at radius 3 is 2.34 bits per heavy atom. The van der Waals surface area contributed by atoms with Crippen molar-refractivity contribution >= 4 is 22.9 Å². The van der Waals surface area contributed by atoms with Gasteiger partial charge in [-0.25, -0.2) is 9.59 Å². The number of allylic oxidation sites excluding steroid dienone is 2. The topological polar surface area (TPSA) is 362 Å². The molecule has 56 heavy (non-hydrogen) atoms. The van der Waals surface area contributed by atoms with E-state index in [2.05, 4.69) is 5.32 Å². The number of dihydropyridines is 1. The number of carbonyl (C=O) groups is 2. The Morgan fingerprint density at radius 2 is 1.68 bits per heavy atom. The van der Waals surface area contributed by atoms with Gasteiger partial charge in [-0.15, -0.1) is 0 Å². The van der Waals surface area contributed by atoms with Crippen molar-refractivity contribution in [3.05, 3.63) is 70.0 Å². The lowest BCUT2D eigenvalue weighted by atomic mass is 9.82. The second-order valence-corrected chi connectivity index (χ2v) is 13.7. The van der Waals surface area contributed by atoms with Crippen LogP contribution in [-0.4, -0.2) is 135 Å². The van der Waals surface area contributed by atoms with Gasteiger partial charge in [0.1, 0.15) is 58.7 Å². The normalized spacial score (nSPS) is 33.8. The summed E-state index contributed by atoms with van der Waals surface area (Å²) in [6, 6.07) is 5.81. The second-order valence-electron chi connectivity index (χ2n) is 13.7. The number of carboxylic acid groups (broad SMARTS) is 1. The number of aliphatic carboxylic acids is 1. The van der Waals surface area contributed by atoms with E-state index in [1.54, 1.807) is 12.2 Å². The Bertz CT molecular complexity index is 2200. The number of aliphatic hydroxyl groups is 7. The fraction of sp³-hybridized carbons (Fsp3) is 0.400. The first-order chi connectivity index (χ1) is 26.3. The minimum absolute atomic E-state index is 0.0377. The van der Waals surface area contributed by atoms with E-state index in [9.17, 15) is 70.6 Å². The third-order valence-electron chi connectivity index (χ3n) is 10.2. The maximum absolute atomic E-state index is 13.6. The summed E-state index contributed by atoms with van der Waals surface area (Å²) in [5.41, 5.74) is 5.49. The highest BCUT2D eigenvalue weighted by atomic mass is 16.8. The Hall–Kier alpha value is -5.33. The van der Waals surface area contributed by atoms with Gasteiger partial charge >= 0.3 is 11.9 Å². The van der Waals surface area contributed by atoms with Gasteiger partial charge in [-0.1, -0.05) is 6.08 Å². The molecule has 4 aliphatic rings. The molecule has 0 saturated carbocycles. The van der Waals surface area contributed by atoms with Crippen LogP contribution in [0.5, 0.6) is 23.0 Å². The number of hydrogen-bond donors (Lipinski definition) is 13. The van der Waals surface area contributed by atoms with Crippen LogP contribution < -0.4 is 21.2 Å². The number of nitrogens with two attached hydrogens (primary N) is 1. The zero-order valence-electron chi connectivity index (χ0n) is 28.6. The lowest BCUT2D eigenvalue weighted by Crippen LogP contribution is -2.70. The third-order valence-corrected chi connectivity index (χ3v) is 10.2. The quantitative estimate of drug-likeness (QED) is 0.0700. The average molecular weight is 789 g/mol. The Balaban J connectivity index is 1.30. The largest absolute Gasteiger partial charge is 0.507 e. The Kier molecular flexibility index (Phi) is 9.73. The molecule has 7 rings (SSSR count). The zero-order chi connectivity index (χ0) is 40.6. The third kappa shape index (κ3) is 6.38. The summed E-state index contributed by atoms with van der Waals surface area (Å²) in [6.07, 6.45) is -15.6. The van der Waals surface area contributed by atoms with E-state index in [-0.39, 0.29) is 40.0 Å². The molecule has 1 unspecified atom stereocenters. The smallest absolute Gasteiger partial charge is 0.340 e. The van der Waals surface area contributed by atoms with Gasteiger partial charge < -0.3 is 90.6 Å².